The average Bonchev–Trinajstić information content (AvgIpc) is 2.55. The molecule has 0 fully saturated rings. The van der Waals surface area contributed by atoms with Crippen LogP contribution in [-0.4, -0.2) is 19.9 Å². The Bertz CT molecular complexity index is 979. The van der Waals surface area contributed by atoms with Crippen LogP contribution in [0.5, 0.6) is 0 Å². The van der Waals surface area contributed by atoms with Crippen LogP contribution in [0.15, 0.2) is 70.4 Å². The molecular formula is C17H16N2O3S. The van der Waals surface area contributed by atoms with Gasteiger partial charge in [-0.2, -0.15) is 0 Å². The van der Waals surface area contributed by atoms with E-state index in [0.29, 0.717) is 23.9 Å². The van der Waals surface area contributed by atoms with Crippen molar-refractivity contribution < 1.29 is 8.42 Å². The van der Waals surface area contributed by atoms with Crippen LogP contribution in [-0.2, 0) is 16.4 Å². The zero-order valence-corrected chi connectivity index (χ0v) is 13.1. The van der Waals surface area contributed by atoms with Gasteiger partial charge in [0.2, 0.25) is 15.6 Å². The first kappa shape index (κ1) is 15.5. The summed E-state index contributed by atoms with van der Waals surface area (Å²) in [5, 5.41) is 0.676. The van der Waals surface area contributed by atoms with Crippen molar-refractivity contribution in [3.05, 3.63) is 76.6 Å². The molecule has 0 saturated carbocycles. The van der Waals surface area contributed by atoms with Gasteiger partial charge in [-0.05, 0) is 41.6 Å². The standard InChI is InChI=1S/C17H16N2O3S/c20-17-9-6-14-12-15(7-8-16(14)19-17)23(21,22)18-11-10-13-4-2-1-3-5-13/h1-9,12,18H,10-11H2,(H,19,20). The van der Waals surface area contributed by atoms with Gasteiger partial charge in [-0.25, -0.2) is 13.1 Å². The largest absolute Gasteiger partial charge is 0.322 e. The van der Waals surface area contributed by atoms with Crippen LogP contribution in [0.1, 0.15) is 5.56 Å². The number of benzene rings is 2. The first-order chi connectivity index (χ1) is 11.0. The Hall–Kier alpha value is -2.44. The van der Waals surface area contributed by atoms with Gasteiger partial charge in [0, 0.05) is 18.1 Å². The number of fused-ring (bicyclic) bond motifs is 1. The summed E-state index contributed by atoms with van der Waals surface area (Å²) in [7, 11) is -3.57. The Kier molecular flexibility index (Phi) is 4.27. The second-order valence-corrected chi connectivity index (χ2v) is 6.97. The number of aromatic amines is 1. The van der Waals surface area contributed by atoms with E-state index in [4.69, 9.17) is 0 Å². The number of pyridine rings is 1. The molecule has 1 aromatic heterocycles. The minimum atomic E-state index is -3.57. The van der Waals surface area contributed by atoms with Gasteiger partial charge in [-0.3, -0.25) is 4.79 Å². The molecule has 0 atom stereocenters. The van der Waals surface area contributed by atoms with Crippen LogP contribution in [0.25, 0.3) is 10.9 Å². The summed E-state index contributed by atoms with van der Waals surface area (Å²) >= 11 is 0. The number of hydrogen-bond acceptors (Lipinski definition) is 3. The molecule has 5 nitrogen and oxygen atoms in total. The SMILES string of the molecule is O=c1ccc2cc(S(=O)(=O)NCCc3ccccc3)ccc2[nH]1. The molecule has 0 aliphatic carbocycles. The predicted octanol–water partition coefficient (Wildman–Crippen LogP) is 2.05. The van der Waals surface area contributed by atoms with Gasteiger partial charge in [-0.1, -0.05) is 30.3 Å². The number of nitrogens with one attached hydrogen (secondary N) is 2. The molecule has 3 rings (SSSR count). The second-order valence-electron chi connectivity index (χ2n) is 5.21. The van der Waals surface area contributed by atoms with Gasteiger partial charge in [0.15, 0.2) is 0 Å². The molecule has 0 amide bonds. The fraction of sp³-hybridized carbons (Fsp3) is 0.118. The molecule has 23 heavy (non-hydrogen) atoms. The van der Waals surface area contributed by atoms with Gasteiger partial charge in [0.25, 0.3) is 0 Å². The van der Waals surface area contributed by atoms with E-state index in [2.05, 4.69) is 9.71 Å². The molecule has 0 unspecified atom stereocenters. The van der Waals surface area contributed by atoms with Crippen LogP contribution < -0.4 is 10.3 Å². The predicted molar refractivity (Wildman–Crippen MR) is 89.9 cm³/mol. The fourth-order valence-electron chi connectivity index (χ4n) is 2.36. The highest BCUT2D eigenvalue weighted by Gasteiger charge is 2.14. The lowest BCUT2D eigenvalue weighted by Gasteiger charge is -2.08. The molecule has 2 aromatic carbocycles. The lowest BCUT2D eigenvalue weighted by atomic mass is 10.2. The van der Waals surface area contributed by atoms with Crippen LogP contribution >= 0.6 is 0 Å². The van der Waals surface area contributed by atoms with E-state index in [9.17, 15) is 13.2 Å². The van der Waals surface area contributed by atoms with Crippen LogP contribution in [0, 0.1) is 0 Å². The molecule has 0 bridgehead atoms. The third-order valence-corrected chi connectivity index (χ3v) is 5.01. The number of hydrogen-bond donors (Lipinski definition) is 2. The van der Waals surface area contributed by atoms with E-state index in [1.807, 2.05) is 30.3 Å². The molecule has 1 heterocycles. The highest BCUT2D eigenvalue weighted by atomic mass is 32.2. The summed E-state index contributed by atoms with van der Waals surface area (Å²) in [6.07, 6.45) is 0.626. The van der Waals surface area contributed by atoms with Crippen molar-refractivity contribution in [1.29, 1.82) is 0 Å². The fourth-order valence-corrected chi connectivity index (χ4v) is 3.42. The summed E-state index contributed by atoms with van der Waals surface area (Å²) in [6, 6.07) is 17.3. The topological polar surface area (TPSA) is 79.0 Å². The molecule has 3 aromatic rings. The summed E-state index contributed by atoms with van der Waals surface area (Å²) in [5.74, 6) is 0. The van der Waals surface area contributed by atoms with Gasteiger partial charge >= 0.3 is 0 Å². The van der Waals surface area contributed by atoms with E-state index in [0.717, 1.165) is 5.56 Å². The second kappa shape index (κ2) is 6.36. The number of sulfonamides is 1. The zero-order valence-electron chi connectivity index (χ0n) is 12.3. The highest BCUT2D eigenvalue weighted by Crippen LogP contribution is 2.16. The average molecular weight is 328 g/mol. The van der Waals surface area contributed by atoms with Gasteiger partial charge in [0.05, 0.1) is 4.90 Å². The molecule has 0 saturated heterocycles. The zero-order chi connectivity index (χ0) is 16.3. The maximum atomic E-state index is 12.3. The maximum Gasteiger partial charge on any atom is 0.248 e. The number of rotatable bonds is 5. The van der Waals surface area contributed by atoms with Gasteiger partial charge in [0.1, 0.15) is 0 Å². The smallest absolute Gasteiger partial charge is 0.248 e. The summed E-state index contributed by atoms with van der Waals surface area (Å²) in [6.45, 7) is 0.329. The van der Waals surface area contributed by atoms with Crippen LogP contribution in [0.2, 0.25) is 0 Å². The molecule has 6 heteroatoms. The number of aromatic nitrogens is 1. The van der Waals surface area contributed by atoms with Crippen molar-refractivity contribution in [2.24, 2.45) is 0 Å². The van der Waals surface area contributed by atoms with E-state index in [1.165, 1.54) is 12.1 Å². The Labute approximate surface area is 134 Å². The first-order valence-electron chi connectivity index (χ1n) is 7.21. The molecule has 0 spiro atoms. The third kappa shape index (κ3) is 3.67. The molecule has 0 aliphatic rings. The summed E-state index contributed by atoms with van der Waals surface area (Å²) < 4.78 is 27.3. The summed E-state index contributed by atoms with van der Waals surface area (Å²) in [4.78, 5) is 14.1. The molecule has 0 radical (unpaired) electrons. The van der Waals surface area contributed by atoms with Crippen molar-refractivity contribution in [3.8, 4) is 0 Å². The van der Waals surface area contributed by atoms with Crippen molar-refractivity contribution in [2.75, 3.05) is 6.54 Å². The van der Waals surface area contributed by atoms with E-state index < -0.39 is 10.0 Å². The minimum Gasteiger partial charge on any atom is -0.322 e. The lowest BCUT2D eigenvalue weighted by Crippen LogP contribution is -2.26. The molecule has 0 aliphatic heterocycles. The van der Waals surface area contributed by atoms with E-state index in [-0.39, 0.29) is 10.5 Å². The normalized spacial score (nSPS) is 11.7. The van der Waals surface area contributed by atoms with Crippen molar-refractivity contribution in [1.82, 2.24) is 9.71 Å². The Balaban J connectivity index is 1.76. The lowest BCUT2D eigenvalue weighted by molar-refractivity contribution is 0.582. The molecule has 118 valence electrons. The van der Waals surface area contributed by atoms with Crippen molar-refractivity contribution in [2.45, 2.75) is 11.3 Å². The number of H-pyrrole nitrogens is 1. The van der Waals surface area contributed by atoms with Gasteiger partial charge in [-0.15, -0.1) is 0 Å². The first-order valence-corrected chi connectivity index (χ1v) is 8.70. The van der Waals surface area contributed by atoms with Crippen molar-refractivity contribution >= 4 is 20.9 Å². The van der Waals surface area contributed by atoms with Crippen LogP contribution in [0.3, 0.4) is 0 Å². The monoisotopic (exact) mass is 328 g/mol. The third-order valence-electron chi connectivity index (χ3n) is 3.55. The maximum absolute atomic E-state index is 12.3. The van der Waals surface area contributed by atoms with Crippen LogP contribution in [0.4, 0.5) is 0 Å². The van der Waals surface area contributed by atoms with Crippen molar-refractivity contribution in [3.63, 3.8) is 0 Å². The minimum absolute atomic E-state index is 0.185. The van der Waals surface area contributed by atoms with E-state index in [1.54, 1.807) is 18.2 Å². The highest BCUT2D eigenvalue weighted by molar-refractivity contribution is 7.89. The quantitative estimate of drug-likeness (QED) is 0.752. The van der Waals surface area contributed by atoms with E-state index >= 15 is 0 Å². The van der Waals surface area contributed by atoms with Gasteiger partial charge < -0.3 is 4.98 Å². The Morgan fingerprint density at radius 2 is 1.74 bits per heavy atom. The molecule has 2 N–H and O–H groups in total. The Morgan fingerprint density at radius 3 is 2.52 bits per heavy atom. The summed E-state index contributed by atoms with van der Waals surface area (Å²) in [5.41, 5.74) is 1.47. The molecular weight excluding hydrogens is 312 g/mol. The Morgan fingerprint density at radius 1 is 0.957 bits per heavy atom.